The predicted octanol–water partition coefficient (Wildman–Crippen LogP) is 5.21. The van der Waals surface area contributed by atoms with Crippen LogP contribution in [0.15, 0.2) is 46.9 Å². The summed E-state index contributed by atoms with van der Waals surface area (Å²) in [6.07, 6.45) is 2.06. The van der Waals surface area contributed by atoms with Gasteiger partial charge in [-0.1, -0.05) is 60.1 Å². The SMILES string of the molecule is CCC(C)NC(=O)C(CC)N(CCc1ccccc1)C(=O)COc1cc(C)c(Br)c(C)c1. The van der Waals surface area contributed by atoms with E-state index in [1.165, 1.54) is 0 Å². The van der Waals surface area contributed by atoms with Crippen LogP contribution >= 0.6 is 15.9 Å². The summed E-state index contributed by atoms with van der Waals surface area (Å²) in [5.41, 5.74) is 3.23. The summed E-state index contributed by atoms with van der Waals surface area (Å²) >= 11 is 3.55. The van der Waals surface area contributed by atoms with E-state index in [2.05, 4.69) is 21.2 Å². The maximum absolute atomic E-state index is 13.2. The molecule has 2 rings (SSSR count). The van der Waals surface area contributed by atoms with E-state index in [4.69, 9.17) is 4.74 Å². The molecule has 2 unspecified atom stereocenters. The molecule has 2 aromatic rings. The molecule has 174 valence electrons. The van der Waals surface area contributed by atoms with Gasteiger partial charge < -0.3 is 15.0 Å². The fourth-order valence-electron chi connectivity index (χ4n) is 3.55. The molecule has 6 heteroatoms. The summed E-state index contributed by atoms with van der Waals surface area (Å²) in [6, 6.07) is 13.4. The Morgan fingerprint density at radius 1 is 1.06 bits per heavy atom. The van der Waals surface area contributed by atoms with Crippen LogP contribution in [-0.4, -0.2) is 41.9 Å². The van der Waals surface area contributed by atoms with Crippen molar-refractivity contribution in [2.24, 2.45) is 0 Å². The van der Waals surface area contributed by atoms with Crippen molar-refractivity contribution in [1.29, 1.82) is 0 Å². The Kier molecular flexibility index (Phi) is 10.2. The fraction of sp³-hybridized carbons (Fsp3) is 0.462. The zero-order valence-corrected chi connectivity index (χ0v) is 21.4. The van der Waals surface area contributed by atoms with E-state index in [0.29, 0.717) is 25.1 Å². The fourth-order valence-corrected chi connectivity index (χ4v) is 3.78. The number of amides is 2. The average Bonchev–Trinajstić information content (AvgIpc) is 2.78. The molecular weight excluding hydrogens is 468 g/mol. The van der Waals surface area contributed by atoms with Gasteiger partial charge in [-0.25, -0.2) is 0 Å². The van der Waals surface area contributed by atoms with Crippen molar-refractivity contribution in [2.75, 3.05) is 13.2 Å². The highest BCUT2D eigenvalue weighted by Crippen LogP contribution is 2.26. The first-order valence-corrected chi connectivity index (χ1v) is 12.1. The normalized spacial score (nSPS) is 12.7. The van der Waals surface area contributed by atoms with Gasteiger partial charge in [0.2, 0.25) is 5.91 Å². The van der Waals surface area contributed by atoms with E-state index in [1.807, 2.05) is 77.1 Å². The summed E-state index contributed by atoms with van der Waals surface area (Å²) in [5.74, 6) is 0.348. The number of nitrogens with one attached hydrogen (secondary N) is 1. The Bertz CT molecular complexity index is 878. The molecule has 0 aromatic heterocycles. The number of nitrogens with zero attached hydrogens (tertiary/aromatic N) is 1. The maximum Gasteiger partial charge on any atom is 0.261 e. The number of rotatable bonds is 11. The molecular formula is C26H35BrN2O3. The van der Waals surface area contributed by atoms with E-state index in [1.54, 1.807) is 4.90 Å². The molecule has 1 N–H and O–H groups in total. The van der Waals surface area contributed by atoms with Gasteiger partial charge in [-0.05, 0) is 68.9 Å². The molecule has 0 aliphatic carbocycles. The Morgan fingerprint density at radius 3 is 2.25 bits per heavy atom. The van der Waals surface area contributed by atoms with E-state index in [-0.39, 0.29) is 24.5 Å². The molecule has 0 aliphatic rings. The second kappa shape index (κ2) is 12.6. The zero-order valence-electron chi connectivity index (χ0n) is 19.8. The number of halogens is 1. The van der Waals surface area contributed by atoms with Gasteiger partial charge in [0.15, 0.2) is 6.61 Å². The number of ether oxygens (including phenoxy) is 1. The van der Waals surface area contributed by atoms with Crippen LogP contribution in [0, 0.1) is 13.8 Å². The molecule has 0 bridgehead atoms. The van der Waals surface area contributed by atoms with Crippen molar-refractivity contribution in [2.45, 2.75) is 66.0 Å². The van der Waals surface area contributed by atoms with Crippen LogP contribution in [-0.2, 0) is 16.0 Å². The largest absolute Gasteiger partial charge is 0.484 e. The first-order valence-electron chi connectivity index (χ1n) is 11.3. The quantitative estimate of drug-likeness (QED) is 0.458. The van der Waals surface area contributed by atoms with Crippen LogP contribution in [0.3, 0.4) is 0 Å². The van der Waals surface area contributed by atoms with Gasteiger partial charge in [0.05, 0.1) is 0 Å². The van der Waals surface area contributed by atoms with Gasteiger partial charge in [-0.3, -0.25) is 9.59 Å². The van der Waals surface area contributed by atoms with E-state index in [0.717, 1.165) is 27.6 Å². The Morgan fingerprint density at radius 2 is 1.69 bits per heavy atom. The second-order valence-electron chi connectivity index (χ2n) is 8.22. The molecule has 2 aromatic carbocycles. The molecule has 32 heavy (non-hydrogen) atoms. The van der Waals surface area contributed by atoms with Gasteiger partial charge in [0.1, 0.15) is 11.8 Å². The molecule has 5 nitrogen and oxygen atoms in total. The lowest BCUT2D eigenvalue weighted by Gasteiger charge is -2.31. The Balaban J connectivity index is 2.17. The molecule has 2 amide bonds. The van der Waals surface area contributed by atoms with Gasteiger partial charge in [-0.2, -0.15) is 0 Å². The topological polar surface area (TPSA) is 58.6 Å². The first kappa shape index (κ1) is 25.9. The number of benzene rings is 2. The number of hydrogen-bond donors (Lipinski definition) is 1. The summed E-state index contributed by atoms with van der Waals surface area (Å²) < 4.78 is 6.89. The molecule has 0 spiro atoms. The predicted molar refractivity (Wildman–Crippen MR) is 133 cm³/mol. The minimum absolute atomic E-state index is 0.0626. The van der Waals surface area contributed by atoms with Crippen LogP contribution in [0.5, 0.6) is 5.75 Å². The number of carbonyl (C=O) groups excluding carboxylic acids is 2. The lowest BCUT2D eigenvalue weighted by molar-refractivity contribution is -0.142. The first-order chi connectivity index (χ1) is 15.3. The smallest absolute Gasteiger partial charge is 0.261 e. The zero-order chi connectivity index (χ0) is 23.7. The van der Waals surface area contributed by atoms with Crippen LogP contribution in [0.4, 0.5) is 0 Å². The highest BCUT2D eigenvalue weighted by molar-refractivity contribution is 9.10. The van der Waals surface area contributed by atoms with Crippen LogP contribution < -0.4 is 10.1 Å². The molecule has 0 heterocycles. The highest BCUT2D eigenvalue weighted by Gasteiger charge is 2.29. The van der Waals surface area contributed by atoms with E-state index < -0.39 is 6.04 Å². The third-order valence-electron chi connectivity index (χ3n) is 5.64. The molecule has 0 radical (unpaired) electrons. The van der Waals surface area contributed by atoms with Crippen LogP contribution in [0.25, 0.3) is 0 Å². The molecule has 0 aliphatic heterocycles. The van der Waals surface area contributed by atoms with Crippen LogP contribution in [0.2, 0.25) is 0 Å². The van der Waals surface area contributed by atoms with Gasteiger partial charge in [0, 0.05) is 17.1 Å². The van der Waals surface area contributed by atoms with Crippen molar-refractivity contribution in [3.05, 3.63) is 63.6 Å². The molecule has 2 atom stereocenters. The minimum Gasteiger partial charge on any atom is -0.484 e. The minimum atomic E-state index is -0.530. The summed E-state index contributed by atoms with van der Waals surface area (Å²) in [6.45, 7) is 10.3. The monoisotopic (exact) mass is 502 g/mol. The summed E-state index contributed by atoms with van der Waals surface area (Å²) in [5, 5.41) is 3.03. The third-order valence-corrected chi connectivity index (χ3v) is 6.89. The van der Waals surface area contributed by atoms with E-state index in [9.17, 15) is 9.59 Å². The molecule has 0 saturated heterocycles. The molecule has 0 saturated carbocycles. The second-order valence-corrected chi connectivity index (χ2v) is 9.02. The third kappa shape index (κ3) is 7.37. The standard InChI is InChI=1S/C26H35BrN2O3/c1-6-20(5)28-26(31)23(7-2)29(14-13-21-11-9-8-10-12-21)24(30)17-32-22-15-18(3)25(27)19(4)16-22/h8-12,15-16,20,23H,6-7,13-14,17H2,1-5H3,(H,28,31). The summed E-state index contributed by atoms with van der Waals surface area (Å²) in [7, 11) is 0. The van der Waals surface area contributed by atoms with Gasteiger partial charge in [-0.15, -0.1) is 0 Å². The lowest BCUT2D eigenvalue weighted by atomic mass is 10.1. The van der Waals surface area contributed by atoms with Crippen LogP contribution in [0.1, 0.15) is 50.3 Å². The number of aryl methyl sites for hydroxylation is 2. The number of hydrogen-bond acceptors (Lipinski definition) is 3. The lowest BCUT2D eigenvalue weighted by Crippen LogP contribution is -2.52. The average molecular weight is 503 g/mol. The van der Waals surface area contributed by atoms with Crippen molar-refractivity contribution < 1.29 is 14.3 Å². The highest BCUT2D eigenvalue weighted by atomic mass is 79.9. The van der Waals surface area contributed by atoms with Crippen molar-refractivity contribution >= 4 is 27.7 Å². The van der Waals surface area contributed by atoms with E-state index >= 15 is 0 Å². The number of carbonyl (C=O) groups is 2. The molecule has 0 fully saturated rings. The van der Waals surface area contributed by atoms with Crippen molar-refractivity contribution in [1.82, 2.24) is 10.2 Å². The summed E-state index contributed by atoms with van der Waals surface area (Å²) in [4.78, 5) is 27.9. The Labute approximate surface area is 200 Å². The Hall–Kier alpha value is -2.34. The van der Waals surface area contributed by atoms with Crippen molar-refractivity contribution in [3.8, 4) is 5.75 Å². The van der Waals surface area contributed by atoms with Crippen molar-refractivity contribution in [3.63, 3.8) is 0 Å². The van der Waals surface area contributed by atoms with Gasteiger partial charge >= 0.3 is 0 Å². The maximum atomic E-state index is 13.2. The van der Waals surface area contributed by atoms with Gasteiger partial charge in [0.25, 0.3) is 5.91 Å².